The quantitative estimate of drug-likeness (QED) is 0.905. The number of likely N-dealkylation sites (tertiary alicyclic amines) is 1. The molecule has 1 N–H and O–H groups in total. The van der Waals surface area contributed by atoms with Crippen LogP contribution in [0.15, 0.2) is 18.2 Å². The largest absolute Gasteiger partial charge is 0.314 e. The molecule has 3 rings (SSSR count). The van der Waals surface area contributed by atoms with Crippen molar-refractivity contribution in [1.82, 2.24) is 15.1 Å². The summed E-state index contributed by atoms with van der Waals surface area (Å²) in [6.45, 7) is 9.85. The van der Waals surface area contributed by atoms with Crippen LogP contribution in [0, 0.1) is 12.7 Å². The first-order chi connectivity index (χ1) is 9.72. The average Bonchev–Trinajstić information content (AvgIpc) is 2.92. The van der Waals surface area contributed by atoms with Gasteiger partial charge in [0.05, 0.1) is 0 Å². The number of benzene rings is 1. The second kappa shape index (κ2) is 6.20. The Bertz CT molecular complexity index is 457. The van der Waals surface area contributed by atoms with Gasteiger partial charge in [0, 0.05) is 51.9 Å². The summed E-state index contributed by atoms with van der Waals surface area (Å²) in [7, 11) is 0. The van der Waals surface area contributed by atoms with Crippen LogP contribution in [0.2, 0.25) is 0 Å². The summed E-state index contributed by atoms with van der Waals surface area (Å²) in [6, 6.07) is 5.85. The van der Waals surface area contributed by atoms with Gasteiger partial charge in [0.15, 0.2) is 0 Å². The number of piperazine rings is 1. The molecule has 2 saturated heterocycles. The summed E-state index contributed by atoms with van der Waals surface area (Å²) in [5, 5.41) is 3.41. The van der Waals surface area contributed by atoms with E-state index in [2.05, 4.69) is 15.1 Å². The zero-order valence-electron chi connectivity index (χ0n) is 12.2. The van der Waals surface area contributed by atoms with E-state index in [4.69, 9.17) is 0 Å². The Morgan fingerprint density at radius 1 is 1.25 bits per heavy atom. The summed E-state index contributed by atoms with van der Waals surface area (Å²) in [4.78, 5) is 5.13. The lowest BCUT2D eigenvalue weighted by molar-refractivity contribution is 0.170. The second-order valence-electron chi connectivity index (χ2n) is 6.03. The van der Waals surface area contributed by atoms with Crippen molar-refractivity contribution in [3.05, 3.63) is 35.1 Å². The fraction of sp³-hybridized carbons (Fsp3) is 0.625. The van der Waals surface area contributed by atoms with Crippen molar-refractivity contribution in [1.29, 1.82) is 0 Å². The Hall–Kier alpha value is -0.970. The normalized spacial score (nSPS) is 25.2. The van der Waals surface area contributed by atoms with Crippen LogP contribution >= 0.6 is 0 Å². The highest BCUT2D eigenvalue weighted by Crippen LogP contribution is 2.20. The minimum atomic E-state index is -0.133. The third kappa shape index (κ3) is 3.19. The summed E-state index contributed by atoms with van der Waals surface area (Å²) < 4.78 is 13.1. The van der Waals surface area contributed by atoms with E-state index < -0.39 is 0 Å². The van der Waals surface area contributed by atoms with Crippen LogP contribution < -0.4 is 5.32 Å². The van der Waals surface area contributed by atoms with Crippen LogP contribution in [0.3, 0.4) is 0 Å². The van der Waals surface area contributed by atoms with Crippen molar-refractivity contribution in [2.75, 3.05) is 39.3 Å². The molecule has 2 heterocycles. The predicted molar refractivity (Wildman–Crippen MR) is 79.3 cm³/mol. The lowest BCUT2D eigenvalue weighted by Gasteiger charge is -2.32. The zero-order valence-corrected chi connectivity index (χ0v) is 12.2. The fourth-order valence-electron chi connectivity index (χ4n) is 3.38. The molecule has 0 aromatic heterocycles. The molecule has 1 aromatic carbocycles. The van der Waals surface area contributed by atoms with Crippen molar-refractivity contribution in [2.45, 2.75) is 25.9 Å². The molecule has 1 atom stereocenters. The molecule has 0 bridgehead atoms. The van der Waals surface area contributed by atoms with E-state index in [-0.39, 0.29) is 5.82 Å². The van der Waals surface area contributed by atoms with Gasteiger partial charge in [0.2, 0.25) is 0 Å². The third-order valence-corrected chi connectivity index (χ3v) is 4.61. The van der Waals surface area contributed by atoms with Gasteiger partial charge in [-0.2, -0.15) is 0 Å². The van der Waals surface area contributed by atoms with Gasteiger partial charge in [0.1, 0.15) is 5.82 Å². The number of rotatable bonds is 3. The SMILES string of the molecule is Cc1cc(F)ccc1CN1CCC(N2CCNCC2)C1. The van der Waals surface area contributed by atoms with Gasteiger partial charge < -0.3 is 5.32 Å². The number of halogens is 1. The lowest BCUT2D eigenvalue weighted by Crippen LogP contribution is -2.49. The van der Waals surface area contributed by atoms with E-state index in [0.717, 1.165) is 38.3 Å². The molecule has 4 heteroatoms. The predicted octanol–water partition coefficient (Wildman–Crippen LogP) is 1.61. The minimum absolute atomic E-state index is 0.133. The van der Waals surface area contributed by atoms with Crippen LogP contribution in [0.5, 0.6) is 0 Å². The lowest BCUT2D eigenvalue weighted by atomic mass is 10.1. The molecule has 3 nitrogen and oxygen atoms in total. The molecule has 0 aliphatic carbocycles. The maximum Gasteiger partial charge on any atom is 0.123 e. The number of aryl methyl sites for hydroxylation is 1. The smallest absolute Gasteiger partial charge is 0.123 e. The van der Waals surface area contributed by atoms with E-state index in [1.807, 2.05) is 13.0 Å². The molecule has 1 unspecified atom stereocenters. The van der Waals surface area contributed by atoms with Gasteiger partial charge in [-0.25, -0.2) is 4.39 Å². The molecular formula is C16H24FN3. The molecule has 0 radical (unpaired) electrons. The Kier molecular flexibility index (Phi) is 4.34. The van der Waals surface area contributed by atoms with Crippen molar-refractivity contribution in [3.63, 3.8) is 0 Å². The zero-order chi connectivity index (χ0) is 13.9. The van der Waals surface area contributed by atoms with Crippen LogP contribution in [0.25, 0.3) is 0 Å². The van der Waals surface area contributed by atoms with Gasteiger partial charge in [-0.15, -0.1) is 0 Å². The summed E-state index contributed by atoms with van der Waals surface area (Å²) in [5.41, 5.74) is 2.32. The Morgan fingerprint density at radius 2 is 2.05 bits per heavy atom. The molecule has 0 amide bonds. The third-order valence-electron chi connectivity index (χ3n) is 4.61. The topological polar surface area (TPSA) is 18.5 Å². The van der Waals surface area contributed by atoms with E-state index in [1.165, 1.54) is 25.1 Å². The molecule has 0 saturated carbocycles. The minimum Gasteiger partial charge on any atom is -0.314 e. The molecule has 0 spiro atoms. The maximum absolute atomic E-state index is 13.1. The van der Waals surface area contributed by atoms with E-state index in [9.17, 15) is 4.39 Å². The first kappa shape index (κ1) is 14.0. The standard InChI is InChI=1S/C16H24FN3/c1-13-10-15(17)3-2-14(13)11-19-7-4-16(12-19)20-8-5-18-6-9-20/h2-3,10,16,18H,4-9,11-12H2,1H3. The summed E-state index contributed by atoms with van der Waals surface area (Å²) >= 11 is 0. The maximum atomic E-state index is 13.1. The van der Waals surface area contributed by atoms with Gasteiger partial charge in [-0.05, 0) is 36.6 Å². The van der Waals surface area contributed by atoms with E-state index in [1.54, 1.807) is 12.1 Å². The fourth-order valence-corrected chi connectivity index (χ4v) is 3.38. The van der Waals surface area contributed by atoms with Gasteiger partial charge in [-0.1, -0.05) is 6.07 Å². The Balaban J connectivity index is 1.57. The van der Waals surface area contributed by atoms with Crippen molar-refractivity contribution >= 4 is 0 Å². The number of hydrogen-bond donors (Lipinski definition) is 1. The van der Waals surface area contributed by atoms with Crippen molar-refractivity contribution in [3.8, 4) is 0 Å². The number of nitrogens with one attached hydrogen (secondary N) is 1. The Morgan fingerprint density at radius 3 is 2.80 bits per heavy atom. The number of nitrogens with zero attached hydrogens (tertiary/aromatic N) is 2. The molecule has 2 aliphatic heterocycles. The highest BCUT2D eigenvalue weighted by molar-refractivity contribution is 5.26. The van der Waals surface area contributed by atoms with Crippen molar-refractivity contribution < 1.29 is 4.39 Å². The summed E-state index contributed by atoms with van der Waals surface area (Å²) in [6.07, 6.45) is 1.26. The first-order valence-electron chi connectivity index (χ1n) is 7.64. The highest BCUT2D eigenvalue weighted by Gasteiger charge is 2.28. The average molecular weight is 277 g/mol. The monoisotopic (exact) mass is 277 g/mol. The van der Waals surface area contributed by atoms with Gasteiger partial charge in [-0.3, -0.25) is 9.80 Å². The van der Waals surface area contributed by atoms with Gasteiger partial charge >= 0.3 is 0 Å². The van der Waals surface area contributed by atoms with Crippen LogP contribution in [-0.2, 0) is 6.54 Å². The van der Waals surface area contributed by atoms with Crippen LogP contribution in [0.1, 0.15) is 17.5 Å². The molecule has 2 fully saturated rings. The van der Waals surface area contributed by atoms with Gasteiger partial charge in [0.25, 0.3) is 0 Å². The van der Waals surface area contributed by atoms with Crippen LogP contribution in [0.4, 0.5) is 4.39 Å². The Labute approximate surface area is 120 Å². The summed E-state index contributed by atoms with van der Waals surface area (Å²) in [5.74, 6) is -0.133. The first-order valence-corrected chi connectivity index (χ1v) is 7.64. The van der Waals surface area contributed by atoms with E-state index in [0.29, 0.717) is 6.04 Å². The van der Waals surface area contributed by atoms with Crippen LogP contribution in [-0.4, -0.2) is 55.1 Å². The molecule has 110 valence electrons. The number of hydrogen-bond acceptors (Lipinski definition) is 3. The molecule has 1 aromatic rings. The molecule has 2 aliphatic rings. The highest BCUT2D eigenvalue weighted by atomic mass is 19.1. The van der Waals surface area contributed by atoms with Crippen molar-refractivity contribution in [2.24, 2.45) is 0 Å². The molecular weight excluding hydrogens is 253 g/mol. The second-order valence-corrected chi connectivity index (χ2v) is 6.03. The molecule has 20 heavy (non-hydrogen) atoms. The van der Waals surface area contributed by atoms with E-state index >= 15 is 0 Å².